The van der Waals surface area contributed by atoms with Crippen molar-refractivity contribution in [3.8, 4) is 22.1 Å². The summed E-state index contributed by atoms with van der Waals surface area (Å²) in [6.45, 7) is 4.34. The molecule has 116 valence electrons. The summed E-state index contributed by atoms with van der Waals surface area (Å²) in [5.74, 6) is 1.20. The lowest BCUT2D eigenvalue weighted by Crippen LogP contribution is -2.48. The van der Waals surface area contributed by atoms with Crippen LogP contribution in [0.15, 0.2) is 23.6 Å². The molecule has 2 heterocycles. The lowest BCUT2D eigenvalue weighted by molar-refractivity contribution is 0.0911. The van der Waals surface area contributed by atoms with Gasteiger partial charge in [-0.25, -0.2) is 4.98 Å². The van der Waals surface area contributed by atoms with E-state index in [0.29, 0.717) is 18.0 Å². The van der Waals surface area contributed by atoms with Crippen molar-refractivity contribution in [1.29, 1.82) is 0 Å². The highest BCUT2D eigenvalue weighted by atomic mass is 32.1. The third kappa shape index (κ3) is 2.90. The van der Waals surface area contributed by atoms with Crippen LogP contribution >= 0.6 is 11.3 Å². The van der Waals surface area contributed by atoms with Gasteiger partial charge in [0.05, 0.1) is 0 Å². The van der Waals surface area contributed by atoms with Gasteiger partial charge in [0.2, 0.25) is 6.79 Å². The molecule has 0 atom stereocenters. The normalized spacial score (nSPS) is 13.2. The molecule has 7 heteroatoms. The lowest BCUT2D eigenvalue weighted by Gasteiger charge is -2.23. The highest BCUT2D eigenvalue weighted by Crippen LogP contribution is 2.36. The number of ether oxygens (including phenoxy) is 2. The summed E-state index contributed by atoms with van der Waals surface area (Å²) >= 11 is 1.41. The Bertz CT molecular complexity index is 712. The highest BCUT2D eigenvalue weighted by molar-refractivity contribution is 7.13. The first-order valence-electron chi connectivity index (χ1n) is 6.87. The smallest absolute Gasteiger partial charge is 0.271 e. The van der Waals surface area contributed by atoms with E-state index >= 15 is 0 Å². The number of benzene rings is 1. The molecule has 1 aromatic heterocycles. The van der Waals surface area contributed by atoms with Gasteiger partial charge in [0.15, 0.2) is 11.5 Å². The number of amides is 1. The summed E-state index contributed by atoms with van der Waals surface area (Å²) in [5, 5.41) is 5.36. The number of carbonyl (C=O) groups excluding carboxylic acids is 1. The molecule has 0 fully saturated rings. The first kappa shape index (κ1) is 14.8. The van der Waals surface area contributed by atoms with E-state index in [2.05, 4.69) is 10.3 Å². The number of fused-ring (bicyclic) bond motifs is 1. The van der Waals surface area contributed by atoms with Crippen LogP contribution in [0.25, 0.3) is 10.6 Å². The fourth-order valence-corrected chi connectivity index (χ4v) is 2.76. The van der Waals surface area contributed by atoms with Crippen molar-refractivity contribution in [3.05, 3.63) is 29.3 Å². The van der Waals surface area contributed by atoms with Crippen LogP contribution in [-0.4, -0.2) is 29.8 Å². The van der Waals surface area contributed by atoms with Gasteiger partial charge in [-0.05, 0) is 32.0 Å². The predicted molar refractivity (Wildman–Crippen MR) is 84.3 cm³/mol. The molecule has 22 heavy (non-hydrogen) atoms. The van der Waals surface area contributed by atoms with Crippen LogP contribution in [0.3, 0.4) is 0 Å². The molecule has 0 saturated heterocycles. The van der Waals surface area contributed by atoms with Gasteiger partial charge in [-0.3, -0.25) is 4.79 Å². The topological polar surface area (TPSA) is 86.5 Å². The Kier molecular flexibility index (Phi) is 3.76. The maximum Gasteiger partial charge on any atom is 0.271 e. The standard InChI is InChI=1S/C15H17N3O3S/c1-15(2,7-16)18-13(19)10-6-22-14(17-10)9-3-4-11-12(5-9)21-8-20-11/h3-6H,7-8,16H2,1-2H3,(H,18,19). The molecule has 0 saturated carbocycles. The minimum Gasteiger partial charge on any atom is -0.454 e. The SMILES string of the molecule is CC(C)(CN)NC(=O)c1csc(-c2ccc3c(c2)OCO3)n1. The third-order valence-corrected chi connectivity index (χ3v) is 4.21. The average Bonchev–Trinajstić information content (AvgIpc) is 3.15. The Labute approximate surface area is 132 Å². The molecule has 6 nitrogen and oxygen atoms in total. The van der Waals surface area contributed by atoms with E-state index in [1.165, 1.54) is 11.3 Å². The van der Waals surface area contributed by atoms with Crippen LogP contribution in [0, 0.1) is 0 Å². The second-order valence-electron chi connectivity index (χ2n) is 5.65. The number of hydrogen-bond donors (Lipinski definition) is 2. The zero-order valence-corrected chi connectivity index (χ0v) is 13.2. The molecule has 0 bridgehead atoms. The monoisotopic (exact) mass is 319 g/mol. The van der Waals surface area contributed by atoms with Gasteiger partial charge in [0.1, 0.15) is 10.7 Å². The first-order chi connectivity index (χ1) is 10.5. The number of nitrogens with zero attached hydrogens (tertiary/aromatic N) is 1. The minimum absolute atomic E-state index is 0.223. The molecule has 3 rings (SSSR count). The maximum atomic E-state index is 12.2. The van der Waals surface area contributed by atoms with Crippen LogP contribution in [0.4, 0.5) is 0 Å². The number of carbonyl (C=O) groups is 1. The van der Waals surface area contributed by atoms with Gasteiger partial charge < -0.3 is 20.5 Å². The van der Waals surface area contributed by atoms with Gasteiger partial charge in [-0.2, -0.15) is 0 Å². The Morgan fingerprint density at radius 1 is 1.41 bits per heavy atom. The molecule has 1 aliphatic rings. The molecule has 2 aromatic rings. The molecule has 0 spiro atoms. The zero-order valence-electron chi connectivity index (χ0n) is 12.4. The van der Waals surface area contributed by atoms with Crippen molar-refractivity contribution in [2.75, 3.05) is 13.3 Å². The highest BCUT2D eigenvalue weighted by Gasteiger charge is 2.21. The van der Waals surface area contributed by atoms with Crippen molar-refractivity contribution in [3.63, 3.8) is 0 Å². The van der Waals surface area contributed by atoms with Gasteiger partial charge in [0.25, 0.3) is 5.91 Å². The van der Waals surface area contributed by atoms with E-state index in [-0.39, 0.29) is 12.7 Å². The molecule has 0 unspecified atom stereocenters. The Balaban J connectivity index is 1.80. The summed E-state index contributed by atoms with van der Waals surface area (Å²) in [5.41, 5.74) is 6.45. The number of nitrogens with one attached hydrogen (secondary N) is 1. The lowest BCUT2D eigenvalue weighted by atomic mass is 10.1. The van der Waals surface area contributed by atoms with Crippen molar-refractivity contribution >= 4 is 17.2 Å². The molecule has 0 radical (unpaired) electrons. The quantitative estimate of drug-likeness (QED) is 0.900. The van der Waals surface area contributed by atoms with E-state index in [0.717, 1.165) is 16.3 Å². The summed E-state index contributed by atoms with van der Waals surface area (Å²) in [6.07, 6.45) is 0. The van der Waals surface area contributed by atoms with Gasteiger partial charge in [-0.15, -0.1) is 11.3 Å². The maximum absolute atomic E-state index is 12.2. The fraction of sp³-hybridized carbons (Fsp3) is 0.333. The second-order valence-corrected chi connectivity index (χ2v) is 6.51. The minimum atomic E-state index is -0.459. The summed E-state index contributed by atoms with van der Waals surface area (Å²) in [7, 11) is 0. The molecule has 1 amide bonds. The van der Waals surface area contributed by atoms with E-state index in [1.54, 1.807) is 5.38 Å². The molecular weight excluding hydrogens is 302 g/mol. The first-order valence-corrected chi connectivity index (χ1v) is 7.74. The van der Waals surface area contributed by atoms with Crippen LogP contribution in [-0.2, 0) is 0 Å². The summed E-state index contributed by atoms with van der Waals surface area (Å²) in [6, 6.07) is 5.61. The van der Waals surface area contributed by atoms with Crippen molar-refractivity contribution < 1.29 is 14.3 Å². The van der Waals surface area contributed by atoms with E-state index < -0.39 is 5.54 Å². The van der Waals surface area contributed by atoms with Gasteiger partial charge >= 0.3 is 0 Å². The van der Waals surface area contributed by atoms with Crippen LogP contribution < -0.4 is 20.5 Å². The van der Waals surface area contributed by atoms with Crippen molar-refractivity contribution in [2.24, 2.45) is 5.73 Å². The summed E-state index contributed by atoms with van der Waals surface area (Å²) in [4.78, 5) is 16.6. The van der Waals surface area contributed by atoms with Gasteiger partial charge in [0, 0.05) is 23.0 Å². The van der Waals surface area contributed by atoms with E-state index in [4.69, 9.17) is 15.2 Å². The molecule has 1 aliphatic heterocycles. The van der Waals surface area contributed by atoms with E-state index in [1.807, 2.05) is 32.0 Å². The largest absolute Gasteiger partial charge is 0.454 e. The van der Waals surface area contributed by atoms with Gasteiger partial charge in [-0.1, -0.05) is 0 Å². The van der Waals surface area contributed by atoms with Crippen molar-refractivity contribution in [2.45, 2.75) is 19.4 Å². The number of thiazole rings is 1. The summed E-state index contributed by atoms with van der Waals surface area (Å²) < 4.78 is 10.6. The van der Waals surface area contributed by atoms with E-state index in [9.17, 15) is 4.79 Å². The van der Waals surface area contributed by atoms with Crippen molar-refractivity contribution in [1.82, 2.24) is 10.3 Å². The zero-order chi connectivity index (χ0) is 15.7. The molecule has 0 aliphatic carbocycles. The third-order valence-electron chi connectivity index (χ3n) is 3.32. The molecular formula is C15H17N3O3S. The van der Waals surface area contributed by atoms with Crippen LogP contribution in [0.1, 0.15) is 24.3 Å². The number of rotatable bonds is 4. The fourth-order valence-electron chi connectivity index (χ4n) is 1.96. The Hall–Kier alpha value is -2.12. The predicted octanol–water partition coefficient (Wildman–Crippen LogP) is 2.01. The van der Waals surface area contributed by atoms with Crippen LogP contribution in [0.5, 0.6) is 11.5 Å². The molecule has 1 aromatic carbocycles. The second kappa shape index (κ2) is 5.58. The average molecular weight is 319 g/mol. The Morgan fingerprint density at radius 2 is 2.18 bits per heavy atom. The number of aromatic nitrogens is 1. The number of hydrogen-bond acceptors (Lipinski definition) is 6. The van der Waals surface area contributed by atoms with Crippen LogP contribution in [0.2, 0.25) is 0 Å². The molecule has 3 N–H and O–H groups in total. The Morgan fingerprint density at radius 3 is 2.95 bits per heavy atom. The number of nitrogens with two attached hydrogens (primary N) is 1.